The van der Waals surface area contributed by atoms with Crippen molar-refractivity contribution in [3.8, 4) is 11.5 Å². The molecule has 1 amide bonds. The van der Waals surface area contributed by atoms with Gasteiger partial charge in [-0.2, -0.15) is 0 Å². The molecule has 19 heavy (non-hydrogen) atoms. The predicted octanol–water partition coefficient (Wildman–Crippen LogP) is 2.10. The highest BCUT2D eigenvalue weighted by Gasteiger charge is 2.12. The van der Waals surface area contributed by atoms with Gasteiger partial charge < -0.3 is 15.2 Å². The number of carbonyl (C=O) groups is 1. The van der Waals surface area contributed by atoms with Crippen LogP contribution in [-0.2, 0) is 6.54 Å². The molecular weight excluding hydrogens is 264 g/mol. The van der Waals surface area contributed by atoms with Gasteiger partial charge in [-0.1, -0.05) is 0 Å². The molecule has 0 saturated carbocycles. The van der Waals surface area contributed by atoms with E-state index in [-0.39, 0.29) is 17.2 Å². The fourth-order valence-electron chi connectivity index (χ4n) is 1.58. The third-order valence-electron chi connectivity index (χ3n) is 2.54. The average Bonchev–Trinajstić information content (AvgIpc) is 2.81. The summed E-state index contributed by atoms with van der Waals surface area (Å²) in [6.45, 7) is 2.31. The summed E-state index contributed by atoms with van der Waals surface area (Å²) in [6, 6.07) is 4.57. The molecule has 1 heterocycles. The number of aromatic hydroxyl groups is 1. The fourth-order valence-corrected chi connectivity index (χ4v) is 2.31. The first kappa shape index (κ1) is 13.4. The van der Waals surface area contributed by atoms with E-state index < -0.39 is 0 Å². The molecule has 5 nitrogen and oxygen atoms in total. The van der Waals surface area contributed by atoms with Crippen LogP contribution in [0.25, 0.3) is 0 Å². The maximum atomic E-state index is 11.9. The molecule has 0 saturated heterocycles. The summed E-state index contributed by atoms with van der Waals surface area (Å²) in [5.41, 5.74) is 0.224. The molecule has 0 fully saturated rings. The molecule has 0 aliphatic carbocycles. The van der Waals surface area contributed by atoms with E-state index >= 15 is 0 Å². The van der Waals surface area contributed by atoms with Crippen LogP contribution in [0.5, 0.6) is 11.5 Å². The van der Waals surface area contributed by atoms with Crippen molar-refractivity contribution in [1.29, 1.82) is 0 Å². The largest absolute Gasteiger partial charge is 0.507 e. The lowest BCUT2D eigenvalue weighted by molar-refractivity contribution is 0.0948. The zero-order chi connectivity index (χ0) is 13.8. The molecule has 0 radical (unpaired) electrons. The normalized spacial score (nSPS) is 10.2. The Morgan fingerprint density at radius 2 is 2.32 bits per heavy atom. The summed E-state index contributed by atoms with van der Waals surface area (Å²) in [7, 11) is 1.50. The van der Waals surface area contributed by atoms with E-state index in [2.05, 4.69) is 10.3 Å². The second-order valence-electron chi connectivity index (χ2n) is 3.91. The molecule has 6 heteroatoms. The van der Waals surface area contributed by atoms with Crippen LogP contribution in [0.2, 0.25) is 0 Å². The van der Waals surface area contributed by atoms with Gasteiger partial charge in [-0.25, -0.2) is 4.98 Å². The van der Waals surface area contributed by atoms with Crippen molar-refractivity contribution in [1.82, 2.24) is 10.3 Å². The average molecular weight is 278 g/mol. The zero-order valence-electron chi connectivity index (χ0n) is 10.6. The highest BCUT2D eigenvalue weighted by Crippen LogP contribution is 2.23. The Labute approximate surface area is 114 Å². The monoisotopic (exact) mass is 278 g/mol. The van der Waals surface area contributed by atoms with Gasteiger partial charge in [0.05, 0.1) is 24.2 Å². The van der Waals surface area contributed by atoms with Gasteiger partial charge >= 0.3 is 0 Å². The highest BCUT2D eigenvalue weighted by atomic mass is 32.1. The topological polar surface area (TPSA) is 71.5 Å². The van der Waals surface area contributed by atoms with Gasteiger partial charge in [-0.15, -0.1) is 11.3 Å². The van der Waals surface area contributed by atoms with Crippen LogP contribution in [0.4, 0.5) is 0 Å². The molecule has 2 N–H and O–H groups in total. The molecule has 2 rings (SSSR count). The SMILES string of the molecule is COc1ccc(C(=O)NCc2cnc(C)s2)c(O)c1. The molecule has 0 unspecified atom stereocenters. The standard InChI is InChI=1S/C13H14N2O3S/c1-8-14-6-10(19-8)7-15-13(17)11-4-3-9(18-2)5-12(11)16/h3-6,16H,7H2,1-2H3,(H,15,17). The number of aryl methyl sites for hydroxylation is 1. The van der Waals surface area contributed by atoms with Gasteiger partial charge in [0.25, 0.3) is 5.91 Å². The van der Waals surface area contributed by atoms with Crippen molar-refractivity contribution < 1.29 is 14.6 Å². The van der Waals surface area contributed by atoms with E-state index in [9.17, 15) is 9.90 Å². The maximum absolute atomic E-state index is 11.9. The van der Waals surface area contributed by atoms with Crippen LogP contribution in [-0.4, -0.2) is 23.1 Å². The van der Waals surface area contributed by atoms with Crippen LogP contribution >= 0.6 is 11.3 Å². The summed E-state index contributed by atoms with van der Waals surface area (Å²) < 4.78 is 4.96. The Kier molecular flexibility index (Phi) is 4.01. The number of hydrogen-bond acceptors (Lipinski definition) is 5. The van der Waals surface area contributed by atoms with Gasteiger partial charge in [0.1, 0.15) is 11.5 Å². The Morgan fingerprint density at radius 1 is 1.53 bits per heavy atom. The lowest BCUT2D eigenvalue weighted by Crippen LogP contribution is -2.22. The number of rotatable bonds is 4. The molecular formula is C13H14N2O3S. The molecule has 1 aromatic carbocycles. The van der Waals surface area contributed by atoms with Gasteiger partial charge in [-0.3, -0.25) is 4.79 Å². The second-order valence-corrected chi connectivity index (χ2v) is 5.23. The first-order valence-corrected chi connectivity index (χ1v) is 6.48. The molecule has 0 aliphatic heterocycles. The van der Waals surface area contributed by atoms with Gasteiger partial charge in [0, 0.05) is 17.1 Å². The van der Waals surface area contributed by atoms with Crippen LogP contribution in [0.15, 0.2) is 24.4 Å². The van der Waals surface area contributed by atoms with Crippen molar-refractivity contribution in [2.24, 2.45) is 0 Å². The van der Waals surface area contributed by atoms with Crippen molar-refractivity contribution in [2.45, 2.75) is 13.5 Å². The number of phenolic OH excluding ortho intramolecular Hbond substituents is 1. The van der Waals surface area contributed by atoms with Gasteiger partial charge in [0.2, 0.25) is 0 Å². The van der Waals surface area contributed by atoms with E-state index in [1.807, 2.05) is 6.92 Å². The van der Waals surface area contributed by atoms with Crippen molar-refractivity contribution in [3.05, 3.63) is 39.8 Å². The first-order valence-electron chi connectivity index (χ1n) is 5.66. The van der Waals surface area contributed by atoms with Crippen LogP contribution in [0, 0.1) is 6.92 Å². The molecule has 2 aromatic rings. The minimum atomic E-state index is -0.328. The summed E-state index contributed by atoms with van der Waals surface area (Å²) >= 11 is 1.53. The summed E-state index contributed by atoms with van der Waals surface area (Å²) in [5, 5.41) is 13.4. The Bertz CT molecular complexity index is 595. The molecule has 0 bridgehead atoms. The van der Waals surface area contributed by atoms with Crippen LogP contribution < -0.4 is 10.1 Å². The lowest BCUT2D eigenvalue weighted by Gasteiger charge is -2.07. The number of thiazole rings is 1. The number of nitrogens with zero attached hydrogens (tertiary/aromatic N) is 1. The number of nitrogens with one attached hydrogen (secondary N) is 1. The minimum Gasteiger partial charge on any atom is -0.507 e. The van der Waals surface area contributed by atoms with E-state index in [1.54, 1.807) is 12.3 Å². The predicted molar refractivity (Wildman–Crippen MR) is 72.7 cm³/mol. The first-order chi connectivity index (χ1) is 9.10. The molecule has 0 aliphatic rings. The van der Waals surface area contributed by atoms with E-state index in [0.29, 0.717) is 12.3 Å². The van der Waals surface area contributed by atoms with E-state index in [0.717, 1.165) is 9.88 Å². The Hall–Kier alpha value is -2.08. The molecule has 0 atom stereocenters. The number of ether oxygens (including phenoxy) is 1. The van der Waals surface area contributed by atoms with Crippen LogP contribution in [0.3, 0.4) is 0 Å². The second kappa shape index (κ2) is 5.71. The smallest absolute Gasteiger partial charge is 0.255 e. The number of phenols is 1. The summed E-state index contributed by atoms with van der Waals surface area (Å²) in [5.74, 6) is 0.0793. The van der Waals surface area contributed by atoms with Gasteiger partial charge in [0.15, 0.2) is 0 Å². The minimum absolute atomic E-state index is 0.0997. The molecule has 1 aromatic heterocycles. The third kappa shape index (κ3) is 3.23. The van der Waals surface area contributed by atoms with Crippen molar-refractivity contribution >= 4 is 17.2 Å². The quantitative estimate of drug-likeness (QED) is 0.898. The third-order valence-corrected chi connectivity index (χ3v) is 3.45. The van der Waals surface area contributed by atoms with Crippen molar-refractivity contribution in [3.63, 3.8) is 0 Å². The lowest BCUT2D eigenvalue weighted by atomic mass is 10.2. The molecule has 0 spiro atoms. The summed E-state index contributed by atoms with van der Waals surface area (Å²) in [4.78, 5) is 17.0. The number of carbonyl (C=O) groups excluding carboxylic acids is 1. The van der Waals surface area contributed by atoms with Crippen LogP contribution in [0.1, 0.15) is 20.2 Å². The number of hydrogen-bond donors (Lipinski definition) is 2. The fraction of sp³-hybridized carbons (Fsp3) is 0.231. The number of amides is 1. The number of aromatic nitrogens is 1. The Balaban J connectivity index is 2.03. The number of methoxy groups -OCH3 is 1. The molecule has 100 valence electrons. The zero-order valence-corrected chi connectivity index (χ0v) is 11.5. The number of benzene rings is 1. The van der Waals surface area contributed by atoms with E-state index in [4.69, 9.17) is 4.74 Å². The Morgan fingerprint density at radius 3 is 2.89 bits per heavy atom. The van der Waals surface area contributed by atoms with E-state index in [1.165, 1.54) is 30.6 Å². The maximum Gasteiger partial charge on any atom is 0.255 e. The van der Waals surface area contributed by atoms with Crippen molar-refractivity contribution in [2.75, 3.05) is 7.11 Å². The summed E-state index contributed by atoms with van der Waals surface area (Å²) in [6.07, 6.45) is 1.73. The highest BCUT2D eigenvalue weighted by molar-refractivity contribution is 7.11. The van der Waals surface area contributed by atoms with Gasteiger partial charge in [-0.05, 0) is 19.1 Å².